The van der Waals surface area contributed by atoms with Crippen molar-refractivity contribution in [3.05, 3.63) is 0 Å². The van der Waals surface area contributed by atoms with Crippen LogP contribution in [0, 0.1) is 0 Å². The van der Waals surface area contributed by atoms with Crippen LogP contribution < -0.4 is 5.32 Å². The third-order valence-corrected chi connectivity index (χ3v) is 3.58. The second-order valence-electron chi connectivity index (χ2n) is 5.31. The highest BCUT2D eigenvalue weighted by Gasteiger charge is 2.17. The Kier molecular flexibility index (Phi) is 7.82. The quantitative estimate of drug-likeness (QED) is 0.661. The van der Waals surface area contributed by atoms with Crippen molar-refractivity contribution < 1.29 is 4.74 Å². The van der Waals surface area contributed by atoms with Gasteiger partial charge >= 0.3 is 0 Å². The van der Waals surface area contributed by atoms with Gasteiger partial charge in [0.15, 0.2) is 0 Å². The van der Waals surface area contributed by atoms with Crippen molar-refractivity contribution in [2.24, 2.45) is 0 Å². The van der Waals surface area contributed by atoms with Crippen LogP contribution in [0.4, 0.5) is 0 Å². The Bertz CT molecular complexity index is 187. The zero-order chi connectivity index (χ0) is 12.5. The van der Waals surface area contributed by atoms with Crippen molar-refractivity contribution in [3.63, 3.8) is 0 Å². The molecule has 1 aliphatic heterocycles. The van der Waals surface area contributed by atoms with Crippen molar-refractivity contribution >= 4 is 0 Å². The smallest absolute Gasteiger partial charge is 0.0619 e. The van der Waals surface area contributed by atoms with Crippen LogP contribution in [0.2, 0.25) is 0 Å². The summed E-state index contributed by atoms with van der Waals surface area (Å²) in [5.74, 6) is 0. The molecule has 1 fully saturated rings. The van der Waals surface area contributed by atoms with E-state index in [9.17, 15) is 0 Å². The molecule has 0 bridgehead atoms. The van der Waals surface area contributed by atoms with Gasteiger partial charge in [0, 0.05) is 18.6 Å². The minimum absolute atomic E-state index is 0.611. The molecule has 1 heterocycles. The van der Waals surface area contributed by atoms with E-state index >= 15 is 0 Å². The fourth-order valence-corrected chi connectivity index (χ4v) is 2.35. The monoisotopic (exact) mass is 242 g/mol. The van der Waals surface area contributed by atoms with E-state index in [1.165, 1.54) is 32.2 Å². The normalized spacial score (nSPS) is 23.8. The Balaban J connectivity index is 1.99. The fraction of sp³-hybridized carbons (Fsp3) is 1.00. The molecule has 3 nitrogen and oxygen atoms in total. The lowest BCUT2D eigenvalue weighted by atomic mass is 10.1. The lowest BCUT2D eigenvalue weighted by Crippen LogP contribution is -2.44. The summed E-state index contributed by atoms with van der Waals surface area (Å²) in [5, 5.41) is 3.55. The number of ether oxygens (including phenoxy) is 1. The van der Waals surface area contributed by atoms with Crippen molar-refractivity contribution in [1.29, 1.82) is 0 Å². The molecule has 0 aromatic rings. The van der Waals surface area contributed by atoms with E-state index in [-0.39, 0.29) is 0 Å². The van der Waals surface area contributed by atoms with E-state index in [0.717, 1.165) is 26.3 Å². The lowest BCUT2D eigenvalue weighted by molar-refractivity contribution is -0.000961. The first-order chi connectivity index (χ1) is 8.24. The van der Waals surface area contributed by atoms with Gasteiger partial charge in [0.05, 0.1) is 13.2 Å². The SMILES string of the molecule is CCCNC(C)CCCCN1CCOCC1C. The van der Waals surface area contributed by atoms with E-state index in [2.05, 4.69) is 31.0 Å². The second kappa shape index (κ2) is 8.90. The number of morpholine rings is 1. The van der Waals surface area contributed by atoms with Gasteiger partial charge in [-0.25, -0.2) is 0 Å². The summed E-state index contributed by atoms with van der Waals surface area (Å²) in [4.78, 5) is 2.56. The predicted octanol–water partition coefficient (Wildman–Crippen LogP) is 2.27. The van der Waals surface area contributed by atoms with Gasteiger partial charge in [-0.1, -0.05) is 13.3 Å². The molecule has 102 valence electrons. The van der Waals surface area contributed by atoms with Crippen LogP contribution in [0.25, 0.3) is 0 Å². The van der Waals surface area contributed by atoms with Crippen LogP contribution in [0.1, 0.15) is 46.5 Å². The van der Waals surface area contributed by atoms with Gasteiger partial charge in [-0.05, 0) is 46.2 Å². The van der Waals surface area contributed by atoms with Crippen molar-refractivity contribution in [2.45, 2.75) is 58.5 Å². The van der Waals surface area contributed by atoms with Gasteiger partial charge in [0.2, 0.25) is 0 Å². The largest absolute Gasteiger partial charge is 0.379 e. The predicted molar refractivity (Wildman–Crippen MR) is 73.5 cm³/mol. The Labute approximate surface area is 107 Å². The maximum Gasteiger partial charge on any atom is 0.0619 e. The molecule has 2 atom stereocenters. The minimum Gasteiger partial charge on any atom is -0.379 e. The van der Waals surface area contributed by atoms with Gasteiger partial charge in [0.1, 0.15) is 0 Å². The molecule has 0 aromatic carbocycles. The molecule has 0 aliphatic carbocycles. The van der Waals surface area contributed by atoms with E-state index < -0.39 is 0 Å². The highest BCUT2D eigenvalue weighted by Crippen LogP contribution is 2.09. The fourth-order valence-electron chi connectivity index (χ4n) is 2.35. The van der Waals surface area contributed by atoms with Crippen LogP contribution in [0.3, 0.4) is 0 Å². The van der Waals surface area contributed by atoms with E-state index in [1.807, 2.05) is 0 Å². The topological polar surface area (TPSA) is 24.5 Å². The number of nitrogens with zero attached hydrogens (tertiary/aromatic N) is 1. The molecular formula is C14H30N2O. The maximum absolute atomic E-state index is 5.45. The number of hydrogen-bond donors (Lipinski definition) is 1. The van der Waals surface area contributed by atoms with Gasteiger partial charge in [-0.15, -0.1) is 0 Å². The number of rotatable bonds is 8. The number of unbranched alkanes of at least 4 members (excludes halogenated alkanes) is 1. The maximum atomic E-state index is 5.45. The summed E-state index contributed by atoms with van der Waals surface area (Å²) in [6.45, 7) is 12.1. The molecule has 1 aliphatic rings. The van der Waals surface area contributed by atoms with Gasteiger partial charge < -0.3 is 10.1 Å². The molecule has 3 heteroatoms. The molecule has 0 radical (unpaired) electrons. The van der Waals surface area contributed by atoms with Crippen LogP contribution in [0.15, 0.2) is 0 Å². The first-order valence-corrected chi connectivity index (χ1v) is 7.29. The van der Waals surface area contributed by atoms with E-state index in [0.29, 0.717) is 12.1 Å². The summed E-state index contributed by atoms with van der Waals surface area (Å²) < 4.78 is 5.45. The zero-order valence-corrected chi connectivity index (χ0v) is 11.9. The van der Waals surface area contributed by atoms with Crippen molar-refractivity contribution in [2.75, 3.05) is 32.8 Å². The molecule has 0 amide bonds. The van der Waals surface area contributed by atoms with Gasteiger partial charge in [-0.3, -0.25) is 4.90 Å². The highest BCUT2D eigenvalue weighted by atomic mass is 16.5. The first kappa shape index (κ1) is 14.9. The van der Waals surface area contributed by atoms with Crippen LogP contribution in [-0.4, -0.2) is 49.8 Å². The van der Waals surface area contributed by atoms with Crippen molar-refractivity contribution in [1.82, 2.24) is 10.2 Å². The summed E-state index contributed by atoms with van der Waals surface area (Å²) in [6.07, 6.45) is 5.19. The molecular weight excluding hydrogens is 212 g/mol. The lowest BCUT2D eigenvalue weighted by Gasteiger charge is -2.33. The van der Waals surface area contributed by atoms with Gasteiger partial charge in [0.25, 0.3) is 0 Å². The average molecular weight is 242 g/mol. The first-order valence-electron chi connectivity index (χ1n) is 7.29. The molecule has 2 unspecified atom stereocenters. The van der Waals surface area contributed by atoms with Crippen LogP contribution in [0.5, 0.6) is 0 Å². The standard InChI is InChI=1S/C14H30N2O/c1-4-8-15-13(2)7-5-6-9-16-10-11-17-12-14(16)3/h13-15H,4-12H2,1-3H3. The summed E-state index contributed by atoms with van der Waals surface area (Å²) in [7, 11) is 0. The number of hydrogen-bond acceptors (Lipinski definition) is 3. The van der Waals surface area contributed by atoms with Crippen molar-refractivity contribution in [3.8, 4) is 0 Å². The van der Waals surface area contributed by atoms with E-state index in [4.69, 9.17) is 4.74 Å². The minimum atomic E-state index is 0.611. The molecule has 0 saturated carbocycles. The Morgan fingerprint density at radius 1 is 1.41 bits per heavy atom. The summed E-state index contributed by atoms with van der Waals surface area (Å²) in [5.41, 5.74) is 0. The van der Waals surface area contributed by atoms with E-state index in [1.54, 1.807) is 0 Å². The molecule has 1 saturated heterocycles. The van der Waals surface area contributed by atoms with Gasteiger partial charge in [-0.2, -0.15) is 0 Å². The Morgan fingerprint density at radius 2 is 2.24 bits per heavy atom. The number of nitrogens with one attached hydrogen (secondary N) is 1. The molecule has 1 rings (SSSR count). The third kappa shape index (κ3) is 6.39. The molecule has 0 spiro atoms. The molecule has 1 N–H and O–H groups in total. The second-order valence-corrected chi connectivity index (χ2v) is 5.31. The van der Waals surface area contributed by atoms with Crippen LogP contribution in [-0.2, 0) is 4.74 Å². The molecule has 17 heavy (non-hydrogen) atoms. The highest BCUT2D eigenvalue weighted by molar-refractivity contribution is 4.71. The van der Waals surface area contributed by atoms with Crippen LogP contribution >= 0.6 is 0 Å². The molecule has 0 aromatic heterocycles. The summed E-state index contributed by atoms with van der Waals surface area (Å²) in [6, 6.07) is 1.29. The zero-order valence-electron chi connectivity index (χ0n) is 11.9. The Morgan fingerprint density at radius 3 is 2.94 bits per heavy atom. The average Bonchev–Trinajstić information content (AvgIpc) is 2.34. The summed E-state index contributed by atoms with van der Waals surface area (Å²) >= 11 is 0. The third-order valence-electron chi connectivity index (χ3n) is 3.58. The Hall–Kier alpha value is -0.120.